The maximum atomic E-state index is 13.1. The number of carbonyl (C=O) groups excluding carboxylic acids is 3. The molecule has 4 aliphatic carbocycles. The van der Waals surface area contributed by atoms with E-state index in [0.717, 1.165) is 32.1 Å². The molecule has 1 aromatic carbocycles. The molecule has 5 rings (SSSR count). The molecule has 3 unspecified atom stereocenters. The maximum Gasteiger partial charge on any atom is 0.312 e. The lowest BCUT2D eigenvalue weighted by Gasteiger charge is -2.58. The maximum absolute atomic E-state index is 13.1. The second-order valence-corrected chi connectivity index (χ2v) is 10.7. The summed E-state index contributed by atoms with van der Waals surface area (Å²) in [6, 6.07) is 6.69. The van der Waals surface area contributed by atoms with E-state index in [4.69, 9.17) is 4.74 Å². The third kappa shape index (κ3) is 3.63. The monoisotopic (exact) mass is 447 g/mol. The minimum Gasteiger partial charge on any atom is -0.452 e. The van der Waals surface area contributed by atoms with Gasteiger partial charge in [-0.1, -0.05) is 15.9 Å². The van der Waals surface area contributed by atoms with Crippen molar-refractivity contribution in [1.82, 2.24) is 0 Å². The number of esters is 1. The van der Waals surface area contributed by atoms with Crippen LogP contribution in [0.2, 0.25) is 0 Å². The van der Waals surface area contributed by atoms with Crippen LogP contribution in [0.3, 0.4) is 0 Å². The van der Waals surface area contributed by atoms with Crippen LogP contribution in [0.4, 0.5) is 5.69 Å². The Kier molecular flexibility index (Phi) is 4.89. The molecule has 150 valence electrons. The summed E-state index contributed by atoms with van der Waals surface area (Å²) in [5.74, 6) is 0.553. The summed E-state index contributed by atoms with van der Waals surface area (Å²) in [5.41, 5.74) is 0.723. The Morgan fingerprint density at radius 2 is 1.71 bits per heavy atom. The standard InChI is InChI=1S/C22H26BrNO4/c1-13(25)17-3-5-18(6-4-17)24-19(26)14(2)28-20(27)21-8-15-7-16(9-21)11-22(23,10-15)12-21/h3-6,14-16H,7-12H2,1-2H3,(H,24,26). The second kappa shape index (κ2) is 6.97. The quantitative estimate of drug-likeness (QED) is 0.409. The molecule has 1 aromatic rings. The van der Waals surface area contributed by atoms with E-state index < -0.39 is 11.5 Å². The molecule has 0 heterocycles. The van der Waals surface area contributed by atoms with Crippen molar-refractivity contribution in [1.29, 1.82) is 0 Å². The Bertz CT molecular complexity index is 804. The highest BCUT2D eigenvalue weighted by atomic mass is 79.9. The van der Waals surface area contributed by atoms with Crippen molar-refractivity contribution in [3.8, 4) is 0 Å². The number of alkyl halides is 1. The van der Waals surface area contributed by atoms with Crippen molar-refractivity contribution in [3.63, 3.8) is 0 Å². The van der Waals surface area contributed by atoms with Gasteiger partial charge in [-0.25, -0.2) is 0 Å². The predicted octanol–water partition coefficient (Wildman–Crippen LogP) is 4.49. The third-order valence-electron chi connectivity index (χ3n) is 6.63. The van der Waals surface area contributed by atoms with Gasteiger partial charge in [0.2, 0.25) is 0 Å². The number of carbonyl (C=O) groups is 3. The topological polar surface area (TPSA) is 72.5 Å². The van der Waals surface area contributed by atoms with Gasteiger partial charge in [-0.3, -0.25) is 14.4 Å². The van der Waals surface area contributed by atoms with Gasteiger partial charge in [0, 0.05) is 15.6 Å². The number of ether oxygens (including phenoxy) is 1. The molecule has 0 spiro atoms. The Hall–Kier alpha value is -1.69. The van der Waals surface area contributed by atoms with E-state index in [1.165, 1.54) is 13.3 Å². The number of benzene rings is 1. The van der Waals surface area contributed by atoms with Crippen LogP contribution in [0.15, 0.2) is 24.3 Å². The van der Waals surface area contributed by atoms with Crippen LogP contribution in [-0.2, 0) is 14.3 Å². The van der Waals surface area contributed by atoms with Gasteiger partial charge in [0.1, 0.15) is 0 Å². The molecular weight excluding hydrogens is 422 g/mol. The van der Waals surface area contributed by atoms with Crippen LogP contribution in [0, 0.1) is 17.3 Å². The molecule has 4 bridgehead atoms. The van der Waals surface area contributed by atoms with Crippen molar-refractivity contribution >= 4 is 39.3 Å². The molecule has 28 heavy (non-hydrogen) atoms. The molecular formula is C22H26BrNO4. The molecule has 1 N–H and O–H groups in total. The first-order valence-corrected chi connectivity index (χ1v) is 10.8. The number of halogens is 1. The molecule has 1 amide bonds. The lowest BCUT2D eigenvalue weighted by atomic mass is 9.49. The van der Waals surface area contributed by atoms with Gasteiger partial charge in [-0.05, 0) is 88.5 Å². The number of ketones is 1. The van der Waals surface area contributed by atoms with Crippen LogP contribution in [0.5, 0.6) is 0 Å². The Morgan fingerprint density at radius 3 is 2.25 bits per heavy atom. The summed E-state index contributed by atoms with van der Waals surface area (Å²) >= 11 is 3.91. The van der Waals surface area contributed by atoms with Crippen molar-refractivity contribution in [2.24, 2.45) is 17.3 Å². The highest BCUT2D eigenvalue weighted by molar-refractivity contribution is 9.10. The van der Waals surface area contributed by atoms with Gasteiger partial charge in [0.15, 0.2) is 11.9 Å². The molecule has 0 aliphatic heterocycles. The minimum absolute atomic E-state index is 0.0275. The van der Waals surface area contributed by atoms with E-state index in [1.54, 1.807) is 31.2 Å². The molecule has 4 fully saturated rings. The number of amides is 1. The van der Waals surface area contributed by atoms with Crippen molar-refractivity contribution in [2.75, 3.05) is 5.32 Å². The Morgan fingerprint density at radius 1 is 1.11 bits per heavy atom. The third-order valence-corrected chi connectivity index (χ3v) is 7.56. The zero-order chi connectivity index (χ0) is 20.1. The summed E-state index contributed by atoms with van der Waals surface area (Å²) in [4.78, 5) is 36.9. The van der Waals surface area contributed by atoms with Gasteiger partial charge in [0.25, 0.3) is 5.91 Å². The number of rotatable bonds is 5. The molecule has 4 aliphatic rings. The highest BCUT2D eigenvalue weighted by Crippen LogP contribution is 2.64. The molecule has 0 radical (unpaired) electrons. The van der Waals surface area contributed by atoms with Crippen molar-refractivity contribution in [3.05, 3.63) is 29.8 Å². The van der Waals surface area contributed by atoms with E-state index in [2.05, 4.69) is 21.2 Å². The van der Waals surface area contributed by atoms with Gasteiger partial charge in [0.05, 0.1) is 5.41 Å². The summed E-state index contributed by atoms with van der Waals surface area (Å²) in [6.07, 6.45) is 5.23. The molecule has 0 saturated heterocycles. The zero-order valence-electron chi connectivity index (χ0n) is 16.3. The average Bonchev–Trinajstić information content (AvgIpc) is 2.59. The second-order valence-electron chi connectivity index (χ2n) is 9.06. The molecule has 5 nitrogen and oxygen atoms in total. The first-order valence-electron chi connectivity index (χ1n) is 10.00. The van der Waals surface area contributed by atoms with Crippen LogP contribution in [-0.4, -0.2) is 28.1 Å². The summed E-state index contributed by atoms with van der Waals surface area (Å²) < 4.78 is 5.72. The van der Waals surface area contributed by atoms with E-state index in [1.807, 2.05) is 0 Å². The van der Waals surface area contributed by atoms with Crippen LogP contribution in [0.25, 0.3) is 0 Å². The van der Waals surface area contributed by atoms with Gasteiger partial charge in [-0.15, -0.1) is 0 Å². The van der Waals surface area contributed by atoms with Crippen LogP contribution < -0.4 is 5.32 Å². The number of Topliss-reactive ketones (excluding diaryl/α,β-unsaturated/α-hetero) is 1. The fourth-order valence-electron chi connectivity index (χ4n) is 5.76. The first kappa shape index (κ1) is 19.6. The van der Waals surface area contributed by atoms with Gasteiger partial charge in [-0.2, -0.15) is 0 Å². The first-order chi connectivity index (χ1) is 13.2. The fourth-order valence-corrected chi connectivity index (χ4v) is 7.21. The molecule has 4 saturated carbocycles. The van der Waals surface area contributed by atoms with Crippen molar-refractivity contribution < 1.29 is 19.1 Å². The molecule has 3 atom stereocenters. The minimum atomic E-state index is -0.862. The number of anilines is 1. The largest absolute Gasteiger partial charge is 0.452 e. The number of nitrogens with one attached hydrogen (secondary N) is 1. The smallest absolute Gasteiger partial charge is 0.312 e. The Balaban J connectivity index is 1.39. The van der Waals surface area contributed by atoms with E-state index >= 15 is 0 Å². The number of hydrogen-bond acceptors (Lipinski definition) is 4. The molecule has 0 aromatic heterocycles. The number of hydrogen-bond donors (Lipinski definition) is 1. The summed E-state index contributed by atoms with van der Waals surface area (Å²) in [6.45, 7) is 3.11. The zero-order valence-corrected chi connectivity index (χ0v) is 17.9. The SMILES string of the molecule is CC(=O)c1ccc(NC(=O)C(C)OC(=O)C23CC4CC(CC(Br)(C4)C2)C3)cc1. The highest BCUT2D eigenvalue weighted by Gasteiger charge is 2.60. The summed E-state index contributed by atoms with van der Waals surface area (Å²) in [7, 11) is 0. The van der Waals surface area contributed by atoms with Crippen LogP contribution in [0.1, 0.15) is 62.7 Å². The predicted molar refractivity (Wildman–Crippen MR) is 109 cm³/mol. The Labute approximate surface area is 173 Å². The average molecular weight is 448 g/mol. The van der Waals surface area contributed by atoms with E-state index in [9.17, 15) is 14.4 Å². The fraction of sp³-hybridized carbons (Fsp3) is 0.591. The van der Waals surface area contributed by atoms with Crippen LogP contribution >= 0.6 is 15.9 Å². The van der Waals surface area contributed by atoms with Crippen molar-refractivity contribution in [2.45, 2.75) is 62.8 Å². The van der Waals surface area contributed by atoms with Gasteiger partial charge < -0.3 is 10.1 Å². The normalized spacial score (nSPS) is 34.0. The van der Waals surface area contributed by atoms with E-state index in [0.29, 0.717) is 23.1 Å². The summed E-state index contributed by atoms with van der Waals surface area (Å²) in [5, 5.41) is 2.76. The van der Waals surface area contributed by atoms with E-state index in [-0.39, 0.29) is 22.0 Å². The lowest BCUT2D eigenvalue weighted by molar-refractivity contribution is -0.175. The molecule has 6 heteroatoms. The van der Waals surface area contributed by atoms with Gasteiger partial charge >= 0.3 is 5.97 Å². The lowest BCUT2D eigenvalue weighted by Crippen LogP contribution is -2.56.